The molecule has 0 radical (unpaired) electrons. The van der Waals surface area contributed by atoms with Gasteiger partial charge in [0.25, 0.3) is 0 Å². The van der Waals surface area contributed by atoms with E-state index in [1.54, 1.807) is 0 Å². The van der Waals surface area contributed by atoms with E-state index in [1.807, 2.05) is 0 Å². The summed E-state index contributed by atoms with van der Waals surface area (Å²) in [7, 11) is -9.49. The Morgan fingerprint density at radius 2 is 0.632 bits per heavy atom. The van der Waals surface area contributed by atoms with Gasteiger partial charge in [0.1, 0.15) is 6.10 Å². The molecule has 106 heavy (non-hydrogen) atoms. The number of aliphatic hydroxyl groups is 1. The van der Waals surface area contributed by atoms with E-state index in [0.29, 0.717) is 44.9 Å². The van der Waals surface area contributed by atoms with Gasteiger partial charge in [-0.25, -0.2) is 23.5 Å². The third kappa shape index (κ3) is 74.1. The molecule has 0 aliphatic carbocycles. The highest BCUT2D eigenvalue weighted by Crippen LogP contribution is 2.44. The SMILES string of the molecule is CCCCCCCCCCCCOC(=O)NC(COCCC(CCCCCCC)OC(=O)CCCCCCCCCCC)COP(=O)(O)OCCNC(=O)NCCOP(=O)(O)OCC(COCCC(CCCCCCC)OC(O)CCCCCCCCCCC)NC(=O)OCCCCCCCCCCCC. The molecule has 0 aromatic heterocycles. The number of alkyl carbamates (subject to hydrolysis) is 2. The number of hydrogen-bond donors (Lipinski definition) is 7. The van der Waals surface area contributed by atoms with Crippen LogP contribution in [-0.4, -0.2) is 149 Å². The first-order chi connectivity index (χ1) is 51.5. The van der Waals surface area contributed by atoms with E-state index in [2.05, 4.69) is 62.8 Å². The number of rotatable bonds is 83. The molecule has 7 unspecified atom stereocenters. The molecule has 0 fully saturated rings. The first kappa shape index (κ1) is 103. The van der Waals surface area contributed by atoms with Crippen LogP contribution in [0.15, 0.2) is 0 Å². The molecule has 25 heteroatoms. The van der Waals surface area contributed by atoms with Crippen molar-refractivity contribution in [3.8, 4) is 0 Å². The van der Waals surface area contributed by atoms with Gasteiger partial charge < -0.3 is 64.6 Å². The Bertz CT molecular complexity index is 2060. The lowest BCUT2D eigenvalue weighted by Gasteiger charge is -2.23. The molecule has 0 aromatic carbocycles. The van der Waals surface area contributed by atoms with Gasteiger partial charge >= 0.3 is 39.8 Å². The Kier molecular flexibility index (Phi) is 75.7. The fourth-order valence-electron chi connectivity index (χ4n) is 12.5. The topological polar surface area (TPSA) is 304 Å². The Hall–Kier alpha value is -2.66. The van der Waals surface area contributed by atoms with Gasteiger partial charge in [-0.15, -0.1) is 0 Å². The number of hydrogen-bond acceptors (Lipinski definition) is 17. The van der Waals surface area contributed by atoms with E-state index in [-0.39, 0.29) is 70.9 Å². The highest BCUT2D eigenvalue weighted by Gasteiger charge is 2.28. The second-order valence-electron chi connectivity index (χ2n) is 29.3. The Labute approximate surface area is 645 Å². The molecule has 4 amide bonds. The predicted octanol–water partition coefficient (Wildman–Crippen LogP) is 21.6. The number of esters is 1. The number of carbonyl (C=O) groups excluding carboxylic acids is 4. The zero-order chi connectivity index (χ0) is 77.8. The maximum Gasteiger partial charge on any atom is 0.472 e. The van der Waals surface area contributed by atoms with Crippen LogP contribution in [0.25, 0.3) is 0 Å². The van der Waals surface area contributed by atoms with Crippen molar-refractivity contribution >= 4 is 39.8 Å². The molecule has 0 aliphatic rings. The summed E-state index contributed by atoms with van der Waals surface area (Å²) in [6.45, 7) is 11.5. The number of phosphoric acid groups is 2. The average molecular weight is 1560 g/mol. The fourth-order valence-corrected chi connectivity index (χ4v) is 14.0. The maximum absolute atomic E-state index is 13.1. The quantitative estimate of drug-likeness (QED) is 0.00978. The van der Waals surface area contributed by atoms with Crippen LogP contribution in [0.1, 0.15) is 388 Å². The summed E-state index contributed by atoms with van der Waals surface area (Å²) in [4.78, 5) is 73.2. The van der Waals surface area contributed by atoms with E-state index in [9.17, 15) is 43.2 Å². The van der Waals surface area contributed by atoms with E-state index < -0.39 is 78.7 Å². The summed E-state index contributed by atoms with van der Waals surface area (Å²) in [5.41, 5.74) is 0. The zero-order valence-electron chi connectivity index (χ0n) is 68.3. The van der Waals surface area contributed by atoms with Crippen LogP contribution in [0.2, 0.25) is 0 Å². The summed E-state index contributed by atoms with van der Waals surface area (Å²) < 4.78 is 82.5. The van der Waals surface area contributed by atoms with Gasteiger partial charge in [0.15, 0.2) is 6.29 Å². The van der Waals surface area contributed by atoms with Crippen LogP contribution in [0, 0.1) is 0 Å². The molecule has 0 spiro atoms. The summed E-state index contributed by atoms with van der Waals surface area (Å²) in [6, 6.07) is -2.58. The number of nitrogens with one attached hydrogen (secondary N) is 4. The highest BCUT2D eigenvalue weighted by molar-refractivity contribution is 7.47. The standard InChI is InChI=1S/C81H162N4O19P2/c1-7-13-19-25-29-33-37-41-47-53-63-97-80(89)84-73(69-95-65-59-75(55-49-43-23-17-11-5)103-77(86)57-51-45-39-35-31-27-21-15-9-3)71-101-105(91,92)99-67-61-82-79(88)83-62-68-100-106(93,94)102-72-74(85-81(90)98-64-54-48-42-38-34-30-26-20-14-8-2)70-96-66-60-76(56-50-44-24-18-12-6)104-78(87)58-52-46-40-36-32-28-22-16-10-4/h73-77,86H,7-72H2,1-6H3,(H,84,89)(H,85,90)(H,91,92)(H,93,94)(H2,82,83,88). The Morgan fingerprint density at radius 1 is 0.330 bits per heavy atom. The number of aliphatic hydroxyl groups excluding tert-OH is 1. The summed E-state index contributed by atoms with van der Waals surface area (Å²) >= 11 is 0. The minimum Gasteiger partial charge on any atom is -0.462 e. The molecule has 0 rings (SSSR count). The minimum atomic E-state index is -4.75. The Balaban J connectivity index is 5.56. The van der Waals surface area contributed by atoms with Crippen molar-refractivity contribution in [2.75, 3.05) is 79.2 Å². The minimum absolute atomic E-state index is 0.0923. The monoisotopic (exact) mass is 1560 g/mol. The van der Waals surface area contributed by atoms with Crippen LogP contribution in [0.3, 0.4) is 0 Å². The van der Waals surface area contributed by atoms with Crippen molar-refractivity contribution in [3.63, 3.8) is 0 Å². The zero-order valence-corrected chi connectivity index (χ0v) is 70.1. The third-order valence-electron chi connectivity index (χ3n) is 19.0. The first-order valence-electron chi connectivity index (χ1n) is 43.3. The number of phosphoric ester groups is 2. The number of urea groups is 1. The predicted molar refractivity (Wildman–Crippen MR) is 427 cm³/mol. The molecule has 0 saturated carbocycles. The van der Waals surface area contributed by atoms with E-state index >= 15 is 0 Å². The first-order valence-corrected chi connectivity index (χ1v) is 46.3. The van der Waals surface area contributed by atoms with E-state index in [1.165, 1.54) is 154 Å². The Morgan fingerprint density at radius 3 is 0.991 bits per heavy atom. The van der Waals surface area contributed by atoms with Crippen molar-refractivity contribution in [2.24, 2.45) is 0 Å². The van der Waals surface area contributed by atoms with E-state index in [4.69, 9.17) is 46.5 Å². The largest absolute Gasteiger partial charge is 0.472 e. The van der Waals surface area contributed by atoms with Gasteiger partial charge in [-0.2, -0.15) is 0 Å². The molecular formula is C81H162N4O19P2. The normalized spacial score (nSPS) is 14.2. The van der Waals surface area contributed by atoms with Crippen molar-refractivity contribution < 1.29 is 89.7 Å². The van der Waals surface area contributed by atoms with Crippen LogP contribution in [0.5, 0.6) is 0 Å². The third-order valence-corrected chi connectivity index (χ3v) is 21.0. The average Bonchev–Trinajstić information content (AvgIpc) is 0.919. The molecule has 0 aromatic rings. The smallest absolute Gasteiger partial charge is 0.462 e. The second-order valence-corrected chi connectivity index (χ2v) is 32.3. The number of amides is 4. The lowest BCUT2D eigenvalue weighted by Crippen LogP contribution is -2.42. The van der Waals surface area contributed by atoms with Crippen molar-refractivity contribution in [3.05, 3.63) is 0 Å². The molecule has 7 atom stereocenters. The van der Waals surface area contributed by atoms with Crippen molar-refractivity contribution in [1.82, 2.24) is 21.3 Å². The van der Waals surface area contributed by atoms with Gasteiger partial charge in [-0.3, -0.25) is 22.9 Å². The fraction of sp³-hybridized carbons (Fsp3) is 0.951. The van der Waals surface area contributed by atoms with Crippen molar-refractivity contribution in [2.45, 2.75) is 419 Å². The molecular weight excluding hydrogens is 1390 g/mol. The van der Waals surface area contributed by atoms with Gasteiger partial charge in [-0.05, 0) is 57.8 Å². The summed E-state index contributed by atoms with van der Waals surface area (Å²) in [6.07, 6.45) is 54.7. The lowest BCUT2D eigenvalue weighted by atomic mass is 10.1. The second kappa shape index (κ2) is 77.7. The highest BCUT2D eigenvalue weighted by atomic mass is 31.2. The molecule has 0 aliphatic heterocycles. The van der Waals surface area contributed by atoms with Crippen LogP contribution in [-0.2, 0) is 60.4 Å². The summed E-state index contributed by atoms with van der Waals surface area (Å²) in [5.74, 6) is -0.211. The number of unbranched alkanes of at least 4 members (excludes halogenated alkanes) is 42. The van der Waals surface area contributed by atoms with Gasteiger partial charge in [-0.1, -0.05) is 318 Å². The molecule has 0 saturated heterocycles. The van der Waals surface area contributed by atoms with Crippen LogP contribution >= 0.6 is 15.6 Å². The van der Waals surface area contributed by atoms with E-state index in [0.717, 1.165) is 148 Å². The summed E-state index contributed by atoms with van der Waals surface area (Å²) in [5, 5.41) is 21.3. The van der Waals surface area contributed by atoms with Gasteiger partial charge in [0.05, 0.1) is 77.6 Å². The van der Waals surface area contributed by atoms with Crippen LogP contribution in [0.4, 0.5) is 14.4 Å². The molecule has 0 bridgehead atoms. The molecule has 7 N–H and O–H groups in total. The van der Waals surface area contributed by atoms with Crippen LogP contribution < -0.4 is 21.3 Å². The molecule has 0 heterocycles. The van der Waals surface area contributed by atoms with Gasteiger partial charge in [0.2, 0.25) is 0 Å². The molecule has 23 nitrogen and oxygen atoms in total. The lowest BCUT2D eigenvalue weighted by molar-refractivity contribution is -0.150. The number of ether oxygens (including phenoxy) is 6. The number of carbonyl (C=O) groups is 4. The van der Waals surface area contributed by atoms with Gasteiger partial charge in [0, 0.05) is 32.5 Å². The van der Waals surface area contributed by atoms with Crippen molar-refractivity contribution in [1.29, 1.82) is 0 Å². The maximum atomic E-state index is 13.1. The molecule has 630 valence electrons.